The van der Waals surface area contributed by atoms with Crippen LogP contribution < -0.4 is 20.7 Å². The molecule has 1 atom stereocenters. The molecule has 4 N–H and O–H groups in total. The molecule has 5 rings (SSSR count). The SMILES string of the molecule is CCOC(=O)N=[S-](=O)c1ccc(Nc2ncc(-c3ccc(NC(=O)C4(c5cccc(OC)c5)CC4)cc3)c(NC(C)CO)n2)cc1. The van der Waals surface area contributed by atoms with Crippen molar-refractivity contribution in [2.75, 3.05) is 36.3 Å². The summed E-state index contributed by atoms with van der Waals surface area (Å²) in [6.07, 6.45) is 2.33. The van der Waals surface area contributed by atoms with Crippen LogP contribution in [0.25, 0.3) is 11.1 Å². The Bertz CT molecular complexity index is 1790. The van der Waals surface area contributed by atoms with Crippen molar-refractivity contribution in [2.24, 2.45) is 4.36 Å². The second kappa shape index (κ2) is 14.4. The molecule has 1 heterocycles. The molecule has 13 heteroatoms. The van der Waals surface area contributed by atoms with Crippen LogP contribution in [0.5, 0.6) is 5.75 Å². The molecule has 1 aliphatic rings. The molecule has 46 heavy (non-hydrogen) atoms. The Hall–Kier alpha value is -5.01. The van der Waals surface area contributed by atoms with Crippen LogP contribution in [0.3, 0.4) is 0 Å². The maximum absolute atomic E-state index is 13.3. The van der Waals surface area contributed by atoms with Gasteiger partial charge in [-0.2, -0.15) is 4.98 Å². The topological polar surface area (TPSA) is 164 Å². The van der Waals surface area contributed by atoms with Gasteiger partial charge in [-0.15, -0.1) is 10.6 Å². The van der Waals surface area contributed by atoms with Crippen molar-refractivity contribution in [3.8, 4) is 16.9 Å². The number of aliphatic hydroxyl groups is 1. The van der Waals surface area contributed by atoms with Crippen molar-refractivity contribution in [1.29, 1.82) is 0 Å². The van der Waals surface area contributed by atoms with E-state index < -0.39 is 22.1 Å². The van der Waals surface area contributed by atoms with Gasteiger partial charge in [-0.25, -0.2) is 9.78 Å². The molecule has 0 radical (unpaired) electrons. The minimum absolute atomic E-state index is 0.0564. The first-order valence-electron chi connectivity index (χ1n) is 14.7. The van der Waals surface area contributed by atoms with E-state index in [4.69, 9.17) is 9.47 Å². The van der Waals surface area contributed by atoms with Gasteiger partial charge in [0, 0.05) is 29.2 Å². The number of rotatable bonds is 12. The van der Waals surface area contributed by atoms with Crippen molar-refractivity contribution in [1.82, 2.24) is 9.97 Å². The van der Waals surface area contributed by atoms with E-state index in [2.05, 4.69) is 30.3 Å². The van der Waals surface area contributed by atoms with Crippen molar-refractivity contribution in [3.63, 3.8) is 0 Å². The van der Waals surface area contributed by atoms with E-state index in [1.165, 1.54) is 0 Å². The van der Waals surface area contributed by atoms with Gasteiger partial charge in [0.2, 0.25) is 11.9 Å². The third kappa shape index (κ3) is 7.61. The molecule has 1 fully saturated rings. The predicted molar refractivity (Wildman–Crippen MR) is 176 cm³/mol. The summed E-state index contributed by atoms with van der Waals surface area (Å²) < 4.78 is 25.9. The molecule has 2 amide bonds. The number of aliphatic hydroxyl groups excluding tert-OH is 1. The normalized spacial score (nSPS) is 14.5. The Morgan fingerprint density at radius 2 is 1.78 bits per heavy atom. The molecule has 1 aliphatic carbocycles. The molecular weight excluding hydrogens is 608 g/mol. The van der Waals surface area contributed by atoms with Crippen LogP contribution in [0.2, 0.25) is 0 Å². The molecule has 0 bridgehead atoms. The highest BCUT2D eigenvalue weighted by Crippen LogP contribution is 2.49. The molecule has 1 unspecified atom stereocenters. The number of nitrogens with one attached hydrogen (secondary N) is 3. The van der Waals surface area contributed by atoms with E-state index in [0.29, 0.717) is 27.7 Å². The van der Waals surface area contributed by atoms with Gasteiger partial charge < -0.3 is 34.7 Å². The van der Waals surface area contributed by atoms with Gasteiger partial charge in [0.25, 0.3) is 0 Å². The number of hydrogen-bond donors (Lipinski definition) is 4. The number of aromatic nitrogens is 2. The summed E-state index contributed by atoms with van der Waals surface area (Å²) in [6.45, 7) is 3.50. The zero-order valence-corrected chi connectivity index (χ0v) is 26.5. The molecule has 3 aromatic carbocycles. The van der Waals surface area contributed by atoms with Gasteiger partial charge in [0.1, 0.15) is 11.6 Å². The minimum Gasteiger partial charge on any atom is -0.497 e. The fourth-order valence-electron chi connectivity index (χ4n) is 4.77. The summed E-state index contributed by atoms with van der Waals surface area (Å²) in [4.78, 5) is 34.3. The molecule has 0 aliphatic heterocycles. The number of benzene rings is 3. The lowest BCUT2D eigenvalue weighted by Gasteiger charge is -2.18. The monoisotopic (exact) mass is 643 g/mol. The first-order chi connectivity index (χ1) is 22.2. The smallest absolute Gasteiger partial charge is 0.410 e. The summed E-state index contributed by atoms with van der Waals surface area (Å²) in [6, 6.07) is 21.3. The number of carbonyl (C=O) groups is 2. The van der Waals surface area contributed by atoms with E-state index in [1.54, 1.807) is 44.5 Å². The van der Waals surface area contributed by atoms with Crippen molar-refractivity contribution >= 4 is 45.7 Å². The maximum atomic E-state index is 13.3. The summed E-state index contributed by atoms with van der Waals surface area (Å²) in [5.74, 6) is 1.45. The summed E-state index contributed by atoms with van der Waals surface area (Å²) in [5, 5.41) is 19.1. The summed E-state index contributed by atoms with van der Waals surface area (Å²) in [7, 11) is -0.282. The highest BCUT2D eigenvalue weighted by Gasteiger charge is 2.51. The highest BCUT2D eigenvalue weighted by atomic mass is 32.2. The second-order valence-corrected chi connectivity index (χ2v) is 11.9. The minimum atomic E-state index is -1.89. The van der Waals surface area contributed by atoms with Crippen LogP contribution in [0.1, 0.15) is 32.3 Å². The number of hydrogen-bond acceptors (Lipinski definition) is 11. The van der Waals surface area contributed by atoms with Crippen LogP contribution in [-0.4, -0.2) is 53.4 Å². The van der Waals surface area contributed by atoms with Crippen LogP contribution in [0.4, 0.5) is 27.9 Å². The van der Waals surface area contributed by atoms with Crippen LogP contribution in [0.15, 0.2) is 88.3 Å². The third-order valence-corrected chi connectivity index (χ3v) is 8.43. The maximum Gasteiger partial charge on any atom is 0.410 e. The molecule has 4 aromatic rings. The van der Waals surface area contributed by atoms with E-state index in [-0.39, 0.29) is 31.1 Å². The average Bonchev–Trinajstić information content (AvgIpc) is 3.88. The Morgan fingerprint density at radius 1 is 1.07 bits per heavy atom. The molecular formula is C33H35N6O6S-. The molecule has 0 spiro atoms. The summed E-state index contributed by atoms with van der Waals surface area (Å²) in [5.41, 5.74) is 3.17. The highest BCUT2D eigenvalue weighted by molar-refractivity contribution is 7.75. The third-order valence-electron chi connectivity index (χ3n) is 7.44. The van der Waals surface area contributed by atoms with E-state index in [1.807, 2.05) is 55.5 Å². The van der Waals surface area contributed by atoms with E-state index in [0.717, 1.165) is 29.7 Å². The zero-order chi connectivity index (χ0) is 32.7. The lowest BCUT2D eigenvalue weighted by Crippen LogP contribution is -2.27. The Kier molecular flexibility index (Phi) is 10.1. The Labute approximate surface area is 268 Å². The zero-order valence-electron chi connectivity index (χ0n) is 25.6. The molecule has 1 aromatic heterocycles. The largest absolute Gasteiger partial charge is 0.497 e. The number of carbonyl (C=O) groups excluding carboxylic acids is 2. The molecule has 0 saturated heterocycles. The molecule has 12 nitrogen and oxygen atoms in total. The van der Waals surface area contributed by atoms with Crippen LogP contribution in [0, 0.1) is 0 Å². The van der Waals surface area contributed by atoms with E-state index in [9.17, 15) is 18.9 Å². The number of ether oxygens (including phenoxy) is 2. The van der Waals surface area contributed by atoms with Crippen molar-refractivity contribution in [3.05, 3.63) is 84.6 Å². The predicted octanol–water partition coefficient (Wildman–Crippen LogP) is 6.02. The van der Waals surface area contributed by atoms with Crippen LogP contribution >= 0.6 is 0 Å². The fraction of sp³-hybridized carbons (Fsp3) is 0.273. The Morgan fingerprint density at radius 3 is 2.43 bits per heavy atom. The standard InChI is InChI=1S/C33H35N6O6S/c1-4-45-32(42)39-46(43)27-14-12-25(13-15-27)37-31-34-19-28(29(38-31)35-21(2)20-40)22-8-10-24(11-9-22)36-30(41)33(16-17-33)23-6-5-7-26(18-23)44-3/h5-15,18-19,21,40H,4,16-17,20H2,1-3H3,(H,36,41)(H2,34,35,37,38)/q-1. The molecule has 1 saturated carbocycles. The number of nitrogens with zero attached hydrogens (tertiary/aromatic N) is 3. The Balaban J connectivity index is 1.31. The fourth-order valence-corrected chi connectivity index (χ4v) is 5.44. The number of amides is 2. The van der Waals surface area contributed by atoms with Crippen LogP contribution in [-0.2, 0) is 29.8 Å². The lowest BCUT2D eigenvalue weighted by atomic mass is 9.94. The van der Waals surface area contributed by atoms with Crippen molar-refractivity contribution in [2.45, 2.75) is 43.0 Å². The van der Waals surface area contributed by atoms with Gasteiger partial charge >= 0.3 is 6.09 Å². The lowest BCUT2D eigenvalue weighted by molar-refractivity contribution is -0.118. The van der Waals surface area contributed by atoms with Crippen molar-refractivity contribution < 1.29 is 28.4 Å². The van der Waals surface area contributed by atoms with E-state index >= 15 is 0 Å². The average molecular weight is 644 g/mol. The van der Waals surface area contributed by atoms with Gasteiger partial charge in [-0.3, -0.25) is 9.16 Å². The first kappa shape index (κ1) is 32.4. The second-order valence-electron chi connectivity index (χ2n) is 10.7. The quantitative estimate of drug-likeness (QED) is 0.134. The van der Waals surface area contributed by atoms with Gasteiger partial charge in [-0.05, 0) is 74.2 Å². The number of methoxy groups -OCH3 is 1. The van der Waals surface area contributed by atoms with Gasteiger partial charge in [0.05, 0.1) is 25.7 Å². The van der Waals surface area contributed by atoms with Gasteiger partial charge in [-0.1, -0.05) is 41.3 Å². The summed E-state index contributed by atoms with van der Waals surface area (Å²) >= 11 is 0. The molecule has 240 valence electrons. The first-order valence-corrected chi connectivity index (χ1v) is 15.8. The van der Waals surface area contributed by atoms with Gasteiger partial charge in [0.15, 0.2) is 0 Å². The number of anilines is 4.